The van der Waals surface area contributed by atoms with Gasteiger partial charge >= 0.3 is 0 Å². The Labute approximate surface area is 180 Å². The lowest BCUT2D eigenvalue weighted by Gasteiger charge is -2.17. The Balaban J connectivity index is 0.00000364. The van der Waals surface area contributed by atoms with Gasteiger partial charge in [0.05, 0.1) is 4.90 Å². The van der Waals surface area contributed by atoms with Crippen molar-refractivity contribution < 1.29 is 8.42 Å². The molecule has 8 heteroatoms. The van der Waals surface area contributed by atoms with Crippen molar-refractivity contribution in [3.05, 3.63) is 41.5 Å². The van der Waals surface area contributed by atoms with Crippen LogP contribution in [-0.4, -0.2) is 46.4 Å². The van der Waals surface area contributed by atoms with E-state index in [0.29, 0.717) is 17.4 Å². The fraction of sp³-hybridized carbons (Fsp3) is 0.526. The summed E-state index contributed by atoms with van der Waals surface area (Å²) in [6.07, 6.45) is 8.35. The largest absolute Gasteiger partial charge is 0.356 e. The van der Waals surface area contributed by atoms with Gasteiger partial charge in [-0.25, -0.2) is 12.7 Å². The minimum atomic E-state index is -3.47. The molecule has 0 saturated heterocycles. The van der Waals surface area contributed by atoms with E-state index >= 15 is 0 Å². The molecule has 0 radical (unpaired) electrons. The molecule has 0 amide bonds. The lowest BCUT2D eigenvalue weighted by atomic mass is 9.97. The molecule has 27 heavy (non-hydrogen) atoms. The van der Waals surface area contributed by atoms with Crippen LogP contribution < -0.4 is 10.6 Å². The third kappa shape index (κ3) is 7.08. The van der Waals surface area contributed by atoms with Crippen LogP contribution in [0.4, 0.5) is 0 Å². The fourth-order valence-electron chi connectivity index (χ4n) is 2.97. The zero-order valence-electron chi connectivity index (χ0n) is 16.4. The highest BCUT2D eigenvalue weighted by molar-refractivity contribution is 14.0. The molecule has 0 aliphatic heterocycles. The van der Waals surface area contributed by atoms with Gasteiger partial charge in [0.15, 0.2) is 5.96 Å². The molecular formula is C19H31IN4O2S. The van der Waals surface area contributed by atoms with Gasteiger partial charge < -0.3 is 10.6 Å². The predicted octanol–water partition coefficient (Wildman–Crippen LogP) is 3.11. The van der Waals surface area contributed by atoms with Crippen molar-refractivity contribution in [2.45, 2.75) is 43.5 Å². The summed E-state index contributed by atoms with van der Waals surface area (Å²) in [5, 5.41) is 6.52. The van der Waals surface area contributed by atoms with Crippen molar-refractivity contribution in [1.82, 2.24) is 14.9 Å². The number of nitrogens with zero attached hydrogens (tertiary/aromatic N) is 2. The van der Waals surface area contributed by atoms with Crippen LogP contribution in [0.15, 0.2) is 45.8 Å². The van der Waals surface area contributed by atoms with E-state index in [1.807, 2.05) is 12.1 Å². The molecule has 1 aromatic carbocycles. The number of halogens is 1. The fourth-order valence-corrected chi connectivity index (χ4v) is 4.09. The molecule has 2 N–H and O–H groups in total. The number of sulfonamides is 1. The topological polar surface area (TPSA) is 73.8 Å². The molecule has 0 unspecified atom stereocenters. The molecule has 2 rings (SSSR count). The summed E-state index contributed by atoms with van der Waals surface area (Å²) < 4.78 is 26.2. The molecule has 152 valence electrons. The monoisotopic (exact) mass is 506 g/mol. The van der Waals surface area contributed by atoms with E-state index in [-0.39, 0.29) is 24.0 Å². The second kappa shape index (κ2) is 11.7. The van der Waals surface area contributed by atoms with E-state index in [1.54, 1.807) is 33.3 Å². The number of hydrogen-bond acceptors (Lipinski definition) is 3. The van der Waals surface area contributed by atoms with Crippen LogP contribution in [0.2, 0.25) is 0 Å². The van der Waals surface area contributed by atoms with Gasteiger partial charge in [0.2, 0.25) is 10.0 Å². The van der Waals surface area contributed by atoms with Crippen molar-refractivity contribution in [1.29, 1.82) is 0 Å². The summed E-state index contributed by atoms with van der Waals surface area (Å²) in [6, 6.07) is 7.05. The van der Waals surface area contributed by atoms with E-state index in [2.05, 4.69) is 21.7 Å². The van der Waals surface area contributed by atoms with Gasteiger partial charge in [-0.3, -0.25) is 4.99 Å². The van der Waals surface area contributed by atoms with Crippen LogP contribution >= 0.6 is 24.0 Å². The van der Waals surface area contributed by atoms with E-state index in [1.165, 1.54) is 35.6 Å². The highest BCUT2D eigenvalue weighted by atomic mass is 127. The molecule has 0 atom stereocenters. The Kier molecular flexibility index (Phi) is 10.3. The van der Waals surface area contributed by atoms with Crippen LogP contribution in [-0.2, 0) is 16.6 Å². The Morgan fingerprint density at radius 1 is 1.19 bits per heavy atom. The van der Waals surface area contributed by atoms with Gasteiger partial charge in [-0.15, -0.1) is 24.0 Å². The van der Waals surface area contributed by atoms with Crippen LogP contribution in [0.1, 0.15) is 37.7 Å². The molecule has 0 aromatic heterocycles. The standard InChI is InChI=1S/C19H30N4O2S.HI/c1-20-19(21-14-13-16-9-5-4-6-10-16)22-15-17-11-7-8-12-18(17)26(24,25)23(2)3;/h7-9,11-12H,4-6,10,13-15H2,1-3H3,(H2,20,21,22);1H. The summed E-state index contributed by atoms with van der Waals surface area (Å²) in [7, 11) is 1.34. The first-order chi connectivity index (χ1) is 12.4. The average Bonchev–Trinajstić information content (AvgIpc) is 2.65. The van der Waals surface area contributed by atoms with Gasteiger partial charge in [-0.05, 0) is 43.7 Å². The quantitative estimate of drug-likeness (QED) is 0.258. The van der Waals surface area contributed by atoms with E-state index in [4.69, 9.17) is 0 Å². The summed E-state index contributed by atoms with van der Waals surface area (Å²) in [5.74, 6) is 0.679. The molecular weight excluding hydrogens is 475 g/mol. The zero-order valence-corrected chi connectivity index (χ0v) is 19.5. The summed E-state index contributed by atoms with van der Waals surface area (Å²) >= 11 is 0. The van der Waals surface area contributed by atoms with Crippen LogP contribution in [0, 0.1) is 0 Å². The Morgan fingerprint density at radius 3 is 2.56 bits per heavy atom. The summed E-state index contributed by atoms with van der Waals surface area (Å²) in [6.45, 7) is 1.22. The Morgan fingerprint density at radius 2 is 1.93 bits per heavy atom. The van der Waals surface area contributed by atoms with Crippen molar-refractivity contribution in [2.24, 2.45) is 4.99 Å². The SMILES string of the molecule is CN=C(NCCC1=CCCCC1)NCc1ccccc1S(=O)(=O)N(C)C.I. The molecule has 1 aliphatic carbocycles. The van der Waals surface area contributed by atoms with Gasteiger partial charge in [-0.2, -0.15) is 0 Å². The van der Waals surface area contributed by atoms with Gasteiger partial charge in [0.25, 0.3) is 0 Å². The number of benzene rings is 1. The third-order valence-electron chi connectivity index (χ3n) is 4.52. The highest BCUT2D eigenvalue weighted by Gasteiger charge is 2.20. The van der Waals surface area contributed by atoms with Gasteiger partial charge in [0.1, 0.15) is 0 Å². The molecule has 1 aliphatic rings. The van der Waals surface area contributed by atoms with E-state index in [9.17, 15) is 8.42 Å². The number of nitrogens with one attached hydrogen (secondary N) is 2. The smallest absolute Gasteiger partial charge is 0.242 e. The second-order valence-corrected chi connectivity index (χ2v) is 8.73. The first-order valence-corrected chi connectivity index (χ1v) is 10.5. The van der Waals surface area contributed by atoms with Gasteiger partial charge in [0, 0.05) is 34.2 Å². The molecule has 0 fully saturated rings. The third-order valence-corrected chi connectivity index (χ3v) is 6.44. The molecule has 0 heterocycles. The molecule has 1 aromatic rings. The lowest BCUT2D eigenvalue weighted by molar-refractivity contribution is 0.519. The number of hydrogen-bond donors (Lipinski definition) is 2. The first-order valence-electron chi connectivity index (χ1n) is 9.08. The molecule has 0 saturated carbocycles. The minimum Gasteiger partial charge on any atom is -0.356 e. The maximum atomic E-state index is 12.5. The first kappa shape index (κ1) is 23.9. The van der Waals surface area contributed by atoms with Crippen LogP contribution in [0.3, 0.4) is 0 Å². The Bertz CT molecular complexity index is 761. The maximum absolute atomic E-state index is 12.5. The summed E-state index contributed by atoms with van der Waals surface area (Å²) in [5.41, 5.74) is 2.24. The maximum Gasteiger partial charge on any atom is 0.242 e. The van der Waals surface area contributed by atoms with Crippen molar-refractivity contribution >= 4 is 40.0 Å². The van der Waals surface area contributed by atoms with Crippen molar-refractivity contribution in [2.75, 3.05) is 27.7 Å². The van der Waals surface area contributed by atoms with Crippen LogP contribution in [0.25, 0.3) is 0 Å². The summed E-state index contributed by atoms with van der Waals surface area (Å²) in [4.78, 5) is 4.55. The zero-order chi connectivity index (χ0) is 19.0. The predicted molar refractivity (Wildman–Crippen MR) is 122 cm³/mol. The number of allylic oxidation sites excluding steroid dienone is 1. The van der Waals surface area contributed by atoms with Crippen molar-refractivity contribution in [3.63, 3.8) is 0 Å². The highest BCUT2D eigenvalue weighted by Crippen LogP contribution is 2.20. The van der Waals surface area contributed by atoms with Gasteiger partial charge in [-0.1, -0.05) is 29.8 Å². The normalized spacial score (nSPS) is 15.1. The van der Waals surface area contributed by atoms with E-state index < -0.39 is 10.0 Å². The number of aliphatic imine (C=N–C) groups is 1. The molecule has 0 spiro atoms. The second-order valence-electron chi connectivity index (χ2n) is 6.61. The van der Waals surface area contributed by atoms with E-state index in [0.717, 1.165) is 18.5 Å². The minimum absolute atomic E-state index is 0. The molecule has 6 nitrogen and oxygen atoms in total. The van der Waals surface area contributed by atoms with Crippen molar-refractivity contribution in [3.8, 4) is 0 Å². The number of rotatable bonds is 7. The van der Waals surface area contributed by atoms with Crippen LogP contribution in [0.5, 0.6) is 0 Å². The lowest BCUT2D eigenvalue weighted by Crippen LogP contribution is -2.37. The molecule has 0 bridgehead atoms. The Hall–Kier alpha value is -1.13. The average molecular weight is 506 g/mol. The number of guanidine groups is 1.